The molecule has 0 fully saturated rings. The number of carbonyl (C=O) groups is 1. The number of nitrogens with one attached hydrogen (secondary N) is 1. The van der Waals surface area contributed by atoms with Crippen molar-refractivity contribution < 1.29 is 4.79 Å². The van der Waals surface area contributed by atoms with Crippen LogP contribution in [0.4, 0.5) is 5.69 Å². The molecule has 4 aromatic rings. The SMILES string of the molecule is CCCc1nnc2sc(-c3cccc(NC(=O)c4cncc(Br)c4)c3)nn12. The number of benzene rings is 1. The van der Waals surface area contributed by atoms with Crippen molar-refractivity contribution >= 4 is 43.8 Å². The second-order valence-corrected chi connectivity index (χ2v) is 7.77. The van der Waals surface area contributed by atoms with E-state index in [4.69, 9.17) is 0 Å². The van der Waals surface area contributed by atoms with Crippen molar-refractivity contribution in [2.24, 2.45) is 0 Å². The van der Waals surface area contributed by atoms with Gasteiger partial charge in [0.2, 0.25) is 4.96 Å². The van der Waals surface area contributed by atoms with Gasteiger partial charge in [0.05, 0.1) is 5.56 Å². The van der Waals surface area contributed by atoms with Gasteiger partial charge in [-0.2, -0.15) is 9.61 Å². The van der Waals surface area contributed by atoms with E-state index >= 15 is 0 Å². The summed E-state index contributed by atoms with van der Waals surface area (Å²) in [5.41, 5.74) is 2.09. The fourth-order valence-electron chi connectivity index (χ4n) is 2.62. The van der Waals surface area contributed by atoms with Crippen molar-refractivity contribution in [3.05, 3.63) is 58.6 Å². The molecular formula is C18H15BrN6OS. The van der Waals surface area contributed by atoms with Gasteiger partial charge in [-0.25, -0.2) is 0 Å². The Kier molecular flexibility index (Phi) is 4.95. The summed E-state index contributed by atoms with van der Waals surface area (Å²) in [6.45, 7) is 2.10. The third-order valence-electron chi connectivity index (χ3n) is 3.86. The maximum absolute atomic E-state index is 12.4. The van der Waals surface area contributed by atoms with Gasteiger partial charge in [-0.05, 0) is 40.5 Å². The molecular weight excluding hydrogens is 428 g/mol. The summed E-state index contributed by atoms with van der Waals surface area (Å²) in [6, 6.07) is 9.31. The molecule has 0 aliphatic carbocycles. The molecule has 1 N–H and O–H groups in total. The Bertz CT molecular complexity index is 1120. The van der Waals surface area contributed by atoms with Gasteiger partial charge in [0.1, 0.15) is 5.01 Å². The maximum Gasteiger partial charge on any atom is 0.257 e. The number of halogens is 1. The Balaban J connectivity index is 1.60. The number of amides is 1. The van der Waals surface area contributed by atoms with Crippen LogP contribution in [0.2, 0.25) is 0 Å². The minimum atomic E-state index is -0.218. The highest BCUT2D eigenvalue weighted by molar-refractivity contribution is 9.10. The molecule has 0 atom stereocenters. The van der Waals surface area contributed by atoms with Crippen molar-refractivity contribution in [1.82, 2.24) is 24.8 Å². The number of hydrogen-bond donors (Lipinski definition) is 1. The summed E-state index contributed by atoms with van der Waals surface area (Å²) in [4.78, 5) is 17.2. The van der Waals surface area contributed by atoms with Crippen LogP contribution >= 0.6 is 27.3 Å². The average molecular weight is 443 g/mol. The van der Waals surface area contributed by atoms with Gasteiger partial charge in [-0.1, -0.05) is 30.4 Å². The Morgan fingerprint density at radius 3 is 2.96 bits per heavy atom. The van der Waals surface area contributed by atoms with Crippen LogP contribution in [0.15, 0.2) is 47.2 Å². The second-order valence-electron chi connectivity index (χ2n) is 5.89. The molecule has 0 unspecified atom stereocenters. The Morgan fingerprint density at radius 1 is 1.26 bits per heavy atom. The van der Waals surface area contributed by atoms with Crippen molar-refractivity contribution in [3.63, 3.8) is 0 Å². The van der Waals surface area contributed by atoms with Crippen LogP contribution < -0.4 is 5.32 Å². The molecule has 136 valence electrons. The Labute approximate surface area is 167 Å². The summed E-state index contributed by atoms with van der Waals surface area (Å²) in [7, 11) is 0. The smallest absolute Gasteiger partial charge is 0.257 e. The number of nitrogens with zero attached hydrogens (tertiary/aromatic N) is 5. The Morgan fingerprint density at radius 2 is 2.15 bits per heavy atom. The van der Waals surface area contributed by atoms with Crippen LogP contribution in [0.3, 0.4) is 0 Å². The first kappa shape index (κ1) is 17.7. The summed E-state index contributed by atoms with van der Waals surface area (Å²) in [5, 5.41) is 16.7. The van der Waals surface area contributed by atoms with Gasteiger partial charge in [-0.3, -0.25) is 9.78 Å². The summed E-state index contributed by atoms with van der Waals surface area (Å²) in [5.74, 6) is 0.644. The zero-order valence-electron chi connectivity index (χ0n) is 14.4. The number of hydrogen-bond acceptors (Lipinski definition) is 6. The molecule has 4 rings (SSSR count). The highest BCUT2D eigenvalue weighted by Gasteiger charge is 2.13. The zero-order chi connectivity index (χ0) is 18.8. The highest BCUT2D eigenvalue weighted by atomic mass is 79.9. The Hall–Kier alpha value is -2.65. The molecule has 0 bridgehead atoms. The van der Waals surface area contributed by atoms with E-state index in [1.165, 1.54) is 17.5 Å². The number of pyridine rings is 1. The number of carbonyl (C=O) groups excluding carboxylic acids is 1. The van der Waals surface area contributed by atoms with Crippen molar-refractivity contribution in [3.8, 4) is 10.6 Å². The first-order valence-electron chi connectivity index (χ1n) is 8.37. The van der Waals surface area contributed by atoms with E-state index in [0.717, 1.165) is 38.7 Å². The van der Waals surface area contributed by atoms with E-state index in [0.29, 0.717) is 11.3 Å². The lowest BCUT2D eigenvalue weighted by atomic mass is 10.2. The standard InChI is InChI=1S/C18H15BrN6OS/c1-2-4-15-22-23-18-25(15)24-17(27-18)11-5-3-6-14(8-11)21-16(26)12-7-13(19)10-20-9-12/h3,5-10H,2,4H2,1H3,(H,21,26). The molecule has 7 nitrogen and oxygen atoms in total. The number of anilines is 1. The molecule has 3 heterocycles. The average Bonchev–Trinajstić information content (AvgIpc) is 3.24. The number of rotatable bonds is 5. The van der Waals surface area contributed by atoms with Crippen LogP contribution in [0, 0.1) is 0 Å². The van der Waals surface area contributed by atoms with Crippen molar-refractivity contribution in [1.29, 1.82) is 0 Å². The zero-order valence-corrected chi connectivity index (χ0v) is 16.8. The summed E-state index contributed by atoms with van der Waals surface area (Å²) < 4.78 is 2.55. The summed E-state index contributed by atoms with van der Waals surface area (Å²) in [6.07, 6.45) is 4.99. The number of fused-ring (bicyclic) bond motifs is 1. The van der Waals surface area contributed by atoms with Gasteiger partial charge in [0.15, 0.2) is 5.82 Å². The second kappa shape index (κ2) is 7.53. The van der Waals surface area contributed by atoms with Gasteiger partial charge in [-0.15, -0.1) is 10.2 Å². The number of aromatic nitrogens is 5. The highest BCUT2D eigenvalue weighted by Crippen LogP contribution is 2.28. The fraction of sp³-hybridized carbons (Fsp3) is 0.167. The molecule has 1 aromatic carbocycles. The monoisotopic (exact) mass is 442 g/mol. The largest absolute Gasteiger partial charge is 0.322 e. The van der Waals surface area contributed by atoms with E-state index in [-0.39, 0.29) is 5.91 Å². The van der Waals surface area contributed by atoms with E-state index in [9.17, 15) is 4.79 Å². The van der Waals surface area contributed by atoms with Crippen LogP contribution in [-0.4, -0.2) is 30.7 Å². The molecule has 0 aliphatic heterocycles. The van der Waals surface area contributed by atoms with Gasteiger partial charge in [0, 0.05) is 34.5 Å². The van der Waals surface area contributed by atoms with E-state index in [2.05, 4.69) is 48.5 Å². The van der Waals surface area contributed by atoms with Crippen molar-refractivity contribution in [2.75, 3.05) is 5.32 Å². The third kappa shape index (κ3) is 3.74. The van der Waals surface area contributed by atoms with E-state index in [1.54, 1.807) is 16.8 Å². The normalized spacial score (nSPS) is 11.0. The quantitative estimate of drug-likeness (QED) is 0.500. The molecule has 9 heteroatoms. The minimum Gasteiger partial charge on any atom is -0.322 e. The lowest BCUT2D eigenvalue weighted by Crippen LogP contribution is -2.12. The third-order valence-corrected chi connectivity index (χ3v) is 5.25. The topological polar surface area (TPSA) is 85.1 Å². The number of aryl methyl sites for hydroxylation is 1. The van der Waals surface area contributed by atoms with Gasteiger partial charge < -0.3 is 5.32 Å². The van der Waals surface area contributed by atoms with E-state index < -0.39 is 0 Å². The molecule has 0 spiro atoms. The maximum atomic E-state index is 12.4. The minimum absolute atomic E-state index is 0.218. The lowest BCUT2D eigenvalue weighted by Gasteiger charge is -2.06. The van der Waals surface area contributed by atoms with Crippen molar-refractivity contribution in [2.45, 2.75) is 19.8 Å². The summed E-state index contributed by atoms with van der Waals surface area (Å²) >= 11 is 4.80. The predicted octanol–water partition coefficient (Wildman–Crippen LogP) is 4.22. The molecule has 27 heavy (non-hydrogen) atoms. The molecule has 0 saturated carbocycles. The van der Waals surface area contributed by atoms with E-state index in [1.807, 2.05) is 24.3 Å². The lowest BCUT2D eigenvalue weighted by molar-refractivity contribution is 0.102. The molecule has 3 aromatic heterocycles. The first-order chi connectivity index (χ1) is 13.1. The molecule has 0 aliphatic rings. The molecule has 1 amide bonds. The van der Waals surface area contributed by atoms with Crippen LogP contribution in [0.5, 0.6) is 0 Å². The molecule has 0 saturated heterocycles. The fourth-order valence-corrected chi connectivity index (χ4v) is 3.84. The van der Waals surface area contributed by atoms with Crippen LogP contribution in [0.25, 0.3) is 15.5 Å². The van der Waals surface area contributed by atoms with Crippen LogP contribution in [0.1, 0.15) is 29.5 Å². The van der Waals surface area contributed by atoms with Gasteiger partial charge >= 0.3 is 0 Å². The van der Waals surface area contributed by atoms with Crippen LogP contribution in [-0.2, 0) is 6.42 Å². The predicted molar refractivity (Wildman–Crippen MR) is 108 cm³/mol. The van der Waals surface area contributed by atoms with Gasteiger partial charge in [0.25, 0.3) is 5.91 Å². The first-order valence-corrected chi connectivity index (χ1v) is 9.98. The molecule has 0 radical (unpaired) electrons.